The van der Waals surface area contributed by atoms with Crippen molar-refractivity contribution >= 4 is 23.6 Å². The molecule has 0 saturated heterocycles. The van der Waals surface area contributed by atoms with Crippen molar-refractivity contribution in [3.63, 3.8) is 0 Å². The number of carbonyl (C=O) groups excluding carboxylic acids is 3. The van der Waals surface area contributed by atoms with Crippen molar-refractivity contribution in [3.05, 3.63) is 0 Å². The van der Waals surface area contributed by atoms with Gasteiger partial charge < -0.3 is 20.5 Å². The Labute approximate surface area is 118 Å². The zero-order chi connectivity index (χ0) is 15.5. The fraction of sp³-hybridized carbons (Fsp3) is 0.692. The molecule has 0 aliphatic carbocycles. The summed E-state index contributed by atoms with van der Waals surface area (Å²) in [6, 6.07) is -1.09. The molecule has 0 bridgehead atoms. The van der Waals surface area contributed by atoms with E-state index in [0.29, 0.717) is 6.54 Å². The van der Waals surface area contributed by atoms with Crippen LogP contribution in [0, 0.1) is 0 Å². The van der Waals surface area contributed by atoms with Gasteiger partial charge in [0, 0.05) is 25.8 Å². The van der Waals surface area contributed by atoms with Crippen LogP contribution in [0.15, 0.2) is 0 Å². The maximum atomic E-state index is 11.5. The lowest BCUT2D eigenvalue weighted by atomic mass is 10.1. The second-order valence-corrected chi connectivity index (χ2v) is 4.55. The summed E-state index contributed by atoms with van der Waals surface area (Å²) in [6.45, 7) is 3.83. The van der Waals surface area contributed by atoms with E-state index in [1.165, 1.54) is 6.92 Å². The number of ketones is 1. The molecule has 0 spiro atoms. The molecule has 0 aliphatic rings. The largest absolute Gasteiger partial charge is 0.480 e. The first-order valence-corrected chi connectivity index (χ1v) is 6.65. The maximum Gasteiger partial charge on any atom is 0.326 e. The SMILES string of the molecule is CCCNC(=O)CCC(=O)N[C@@H](CCC(C)=O)C(=O)O. The Kier molecular flexibility index (Phi) is 8.98. The summed E-state index contributed by atoms with van der Waals surface area (Å²) in [5, 5.41) is 13.9. The van der Waals surface area contributed by atoms with E-state index >= 15 is 0 Å². The first kappa shape index (κ1) is 18.1. The van der Waals surface area contributed by atoms with Gasteiger partial charge in [-0.1, -0.05) is 6.92 Å². The fourth-order valence-corrected chi connectivity index (χ4v) is 1.45. The molecule has 0 rings (SSSR count). The summed E-state index contributed by atoms with van der Waals surface area (Å²) in [4.78, 5) is 44.6. The molecule has 20 heavy (non-hydrogen) atoms. The van der Waals surface area contributed by atoms with Crippen LogP contribution in [0.1, 0.15) is 46.0 Å². The van der Waals surface area contributed by atoms with E-state index in [1.807, 2.05) is 6.92 Å². The second kappa shape index (κ2) is 9.94. The number of hydrogen-bond donors (Lipinski definition) is 3. The highest BCUT2D eigenvalue weighted by Gasteiger charge is 2.20. The Hall–Kier alpha value is -1.92. The molecule has 0 fully saturated rings. The predicted molar refractivity (Wildman–Crippen MR) is 72.0 cm³/mol. The highest BCUT2D eigenvalue weighted by Crippen LogP contribution is 2.00. The summed E-state index contributed by atoms with van der Waals surface area (Å²) in [6.07, 6.45) is 0.904. The molecule has 0 aliphatic heterocycles. The molecule has 0 unspecified atom stereocenters. The van der Waals surface area contributed by atoms with E-state index in [9.17, 15) is 19.2 Å². The minimum atomic E-state index is -1.19. The molecule has 7 nitrogen and oxygen atoms in total. The van der Waals surface area contributed by atoms with E-state index in [1.54, 1.807) is 0 Å². The summed E-state index contributed by atoms with van der Waals surface area (Å²) in [7, 11) is 0. The third-order valence-corrected chi connectivity index (χ3v) is 2.57. The van der Waals surface area contributed by atoms with Gasteiger partial charge in [0.25, 0.3) is 0 Å². The molecular formula is C13H22N2O5. The van der Waals surface area contributed by atoms with Gasteiger partial charge in [-0.15, -0.1) is 0 Å². The normalized spacial score (nSPS) is 11.5. The summed E-state index contributed by atoms with van der Waals surface area (Å²) in [5.41, 5.74) is 0. The second-order valence-electron chi connectivity index (χ2n) is 4.55. The third-order valence-electron chi connectivity index (χ3n) is 2.57. The summed E-state index contributed by atoms with van der Waals surface area (Å²) < 4.78 is 0. The minimum Gasteiger partial charge on any atom is -0.480 e. The molecular weight excluding hydrogens is 264 g/mol. The maximum absolute atomic E-state index is 11.5. The lowest BCUT2D eigenvalue weighted by Gasteiger charge is -2.13. The Morgan fingerprint density at radius 1 is 1.05 bits per heavy atom. The fourth-order valence-electron chi connectivity index (χ4n) is 1.45. The van der Waals surface area contributed by atoms with Gasteiger partial charge in [-0.2, -0.15) is 0 Å². The van der Waals surface area contributed by atoms with Gasteiger partial charge in [0.2, 0.25) is 11.8 Å². The smallest absolute Gasteiger partial charge is 0.326 e. The van der Waals surface area contributed by atoms with Gasteiger partial charge in [-0.25, -0.2) is 4.79 Å². The highest BCUT2D eigenvalue weighted by atomic mass is 16.4. The lowest BCUT2D eigenvalue weighted by molar-refractivity contribution is -0.142. The number of carboxylic acid groups (broad SMARTS) is 1. The van der Waals surface area contributed by atoms with Gasteiger partial charge in [-0.05, 0) is 19.8 Å². The van der Waals surface area contributed by atoms with Crippen molar-refractivity contribution in [1.29, 1.82) is 0 Å². The number of Topliss-reactive ketones (excluding diaryl/α,β-unsaturated/α-hetero) is 1. The highest BCUT2D eigenvalue weighted by molar-refractivity contribution is 5.87. The number of aliphatic carboxylic acids is 1. The van der Waals surface area contributed by atoms with Gasteiger partial charge in [0.15, 0.2) is 0 Å². The Bertz CT molecular complexity index is 368. The topological polar surface area (TPSA) is 113 Å². The van der Waals surface area contributed by atoms with E-state index in [4.69, 9.17) is 5.11 Å². The molecule has 0 aromatic carbocycles. The van der Waals surface area contributed by atoms with Crippen molar-refractivity contribution in [3.8, 4) is 0 Å². The lowest BCUT2D eigenvalue weighted by Crippen LogP contribution is -2.41. The van der Waals surface area contributed by atoms with E-state index < -0.39 is 17.9 Å². The molecule has 0 radical (unpaired) electrons. The molecule has 0 aromatic rings. The van der Waals surface area contributed by atoms with E-state index in [0.717, 1.165) is 6.42 Å². The Morgan fingerprint density at radius 2 is 1.65 bits per heavy atom. The molecule has 0 aromatic heterocycles. The summed E-state index contributed by atoms with van der Waals surface area (Å²) in [5.74, 6) is -2.07. The van der Waals surface area contributed by atoms with Crippen molar-refractivity contribution in [2.24, 2.45) is 0 Å². The molecule has 7 heteroatoms. The van der Waals surface area contributed by atoms with Gasteiger partial charge in [0.1, 0.15) is 11.8 Å². The zero-order valence-corrected chi connectivity index (χ0v) is 11.9. The van der Waals surface area contributed by atoms with Crippen LogP contribution in [-0.4, -0.2) is 41.3 Å². The molecule has 114 valence electrons. The number of amides is 2. The number of carbonyl (C=O) groups is 4. The van der Waals surface area contributed by atoms with Crippen molar-refractivity contribution in [2.45, 2.75) is 52.0 Å². The summed E-state index contributed by atoms with van der Waals surface area (Å²) >= 11 is 0. The molecule has 0 saturated carbocycles. The quantitative estimate of drug-likeness (QED) is 0.532. The van der Waals surface area contributed by atoms with Crippen LogP contribution in [0.5, 0.6) is 0 Å². The van der Waals surface area contributed by atoms with Crippen LogP contribution in [0.4, 0.5) is 0 Å². The molecule has 3 N–H and O–H groups in total. The number of nitrogens with one attached hydrogen (secondary N) is 2. The number of carboxylic acids is 1. The van der Waals surface area contributed by atoms with Crippen LogP contribution in [0.25, 0.3) is 0 Å². The Balaban J connectivity index is 4.10. The number of rotatable bonds is 10. The van der Waals surface area contributed by atoms with E-state index in [2.05, 4.69) is 10.6 Å². The molecule has 1 atom stereocenters. The average Bonchev–Trinajstić information content (AvgIpc) is 2.38. The van der Waals surface area contributed by atoms with Crippen LogP contribution < -0.4 is 10.6 Å². The number of hydrogen-bond acceptors (Lipinski definition) is 4. The first-order valence-electron chi connectivity index (χ1n) is 6.65. The van der Waals surface area contributed by atoms with E-state index in [-0.39, 0.29) is 37.4 Å². The van der Waals surface area contributed by atoms with Crippen molar-refractivity contribution in [2.75, 3.05) is 6.54 Å². The molecule has 0 heterocycles. The Morgan fingerprint density at radius 3 is 2.15 bits per heavy atom. The van der Waals surface area contributed by atoms with Crippen LogP contribution in [0.3, 0.4) is 0 Å². The van der Waals surface area contributed by atoms with Gasteiger partial charge >= 0.3 is 5.97 Å². The van der Waals surface area contributed by atoms with Crippen LogP contribution in [0.2, 0.25) is 0 Å². The molecule has 2 amide bonds. The monoisotopic (exact) mass is 286 g/mol. The van der Waals surface area contributed by atoms with Crippen LogP contribution in [-0.2, 0) is 19.2 Å². The standard InChI is InChI=1S/C13H22N2O5/c1-3-8-14-11(17)6-7-12(18)15-10(13(19)20)5-4-9(2)16/h10H,3-8H2,1-2H3,(H,14,17)(H,15,18)(H,19,20)/t10-/m0/s1. The predicted octanol–water partition coefficient (Wildman–Crippen LogP) is 0.231. The minimum absolute atomic E-state index is 0.0187. The zero-order valence-electron chi connectivity index (χ0n) is 11.9. The van der Waals surface area contributed by atoms with Crippen molar-refractivity contribution < 1.29 is 24.3 Å². The van der Waals surface area contributed by atoms with Gasteiger partial charge in [0.05, 0.1) is 0 Å². The first-order chi connectivity index (χ1) is 9.36. The van der Waals surface area contributed by atoms with Gasteiger partial charge in [-0.3, -0.25) is 9.59 Å². The van der Waals surface area contributed by atoms with Crippen molar-refractivity contribution in [1.82, 2.24) is 10.6 Å². The van der Waals surface area contributed by atoms with Crippen LogP contribution >= 0.6 is 0 Å². The average molecular weight is 286 g/mol. The third kappa shape index (κ3) is 9.07.